The third kappa shape index (κ3) is 5.03. The molecule has 2 aliphatic rings. The molecule has 162 valence electrons. The molecule has 4 unspecified atom stereocenters. The second kappa shape index (κ2) is 9.72. The number of benzene rings is 2. The van der Waals surface area contributed by atoms with Crippen molar-refractivity contribution < 1.29 is 23.7 Å². The summed E-state index contributed by atoms with van der Waals surface area (Å²) in [4.78, 5) is 15.8. The standard InChI is InChI=1S/C22H23N3O5S/c1-13-8-10-16(11-9-13)31-22-18(24-25-23)20(28-14(2)26)19-17(29-22)12-27-21(30-19)15-6-4-3-5-7-15/h3-11,17-22H,12H2,1-2H3/t17?,18?,19-,20?,21?,22+/m0/s1. The fourth-order valence-corrected chi connectivity index (χ4v) is 4.80. The highest BCUT2D eigenvalue weighted by atomic mass is 32.2. The van der Waals surface area contributed by atoms with Crippen molar-refractivity contribution in [2.45, 2.75) is 54.8 Å². The summed E-state index contributed by atoms with van der Waals surface area (Å²) in [7, 11) is 0. The van der Waals surface area contributed by atoms with Crippen LogP contribution in [0.2, 0.25) is 0 Å². The molecule has 4 rings (SSSR count). The fourth-order valence-electron chi connectivity index (χ4n) is 3.70. The number of fused-ring (bicyclic) bond motifs is 1. The van der Waals surface area contributed by atoms with Crippen LogP contribution in [0.1, 0.15) is 24.3 Å². The van der Waals surface area contributed by atoms with Gasteiger partial charge in [0.2, 0.25) is 0 Å². The molecule has 0 aromatic heterocycles. The molecular formula is C22H23N3O5S. The lowest BCUT2D eigenvalue weighted by Crippen LogP contribution is -2.61. The number of thioether (sulfide) groups is 1. The summed E-state index contributed by atoms with van der Waals surface area (Å²) < 4.78 is 23.9. The van der Waals surface area contributed by atoms with Gasteiger partial charge in [0.25, 0.3) is 0 Å². The van der Waals surface area contributed by atoms with Crippen LogP contribution in [0.25, 0.3) is 10.4 Å². The molecule has 0 spiro atoms. The van der Waals surface area contributed by atoms with E-state index in [1.807, 2.05) is 61.5 Å². The number of ether oxygens (including phenoxy) is 4. The van der Waals surface area contributed by atoms with Crippen LogP contribution in [0.4, 0.5) is 0 Å². The summed E-state index contributed by atoms with van der Waals surface area (Å²) in [6, 6.07) is 16.7. The molecule has 31 heavy (non-hydrogen) atoms. The van der Waals surface area contributed by atoms with Crippen molar-refractivity contribution in [2.24, 2.45) is 5.11 Å². The van der Waals surface area contributed by atoms with E-state index in [0.29, 0.717) is 0 Å². The highest BCUT2D eigenvalue weighted by Gasteiger charge is 2.51. The molecule has 6 atom stereocenters. The Hall–Kier alpha value is -2.55. The molecule has 0 radical (unpaired) electrons. The lowest BCUT2D eigenvalue weighted by atomic mass is 9.97. The molecule has 2 aromatic rings. The molecule has 0 aliphatic carbocycles. The number of aryl methyl sites for hydroxylation is 1. The number of azide groups is 1. The van der Waals surface area contributed by atoms with E-state index in [4.69, 9.17) is 18.9 Å². The van der Waals surface area contributed by atoms with E-state index >= 15 is 0 Å². The predicted molar refractivity (Wildman–Crippen MR) is 114 cm³/mol. The van der Waals surface area contributed by atoms with Crippen LogP contribution in [-0.2, 0) is 23.7 Å². The summed E-state index contributed by atoms with van der Waals surface area (Å²) in [6.45, 7) is 3.60. The molecule has 2 aliphatic heterocycles. The highest BCUT2D eigenvalue weighted by molar-refractivity contribution is 7.99. The average molecular weight is 442 g/mol. The van der Waals surface area contributed by atoms with Gasteiger partial charge in [-0.15, -0.1) is 0 Å². The zero-order chi connectivity index (χ0) is 21.8. The van der Waals surface area contributed by atoms with Crippen molar-refractivity contribution in [1.29, 1.82) is 0 Å². The van der Waals surface area contributed by atoms with E-state index in [1.165, 1.54) is 18.7 Å². The average Bonchev–Trinajstić information content (AvgIpc) is 2.77. The van der Waals surface area contributed by atoms with Gasteiger partial charge in [-0.2, -0.15) is 0 Å². The maximum atomic E-state index is 11.9. The van der Waals surface area contributed by atoms with Gasteiger partial charge in [-0.1, -0.05) is 64.9 Å². The minimum absolute atomic E-state index is 0.260. The monoisotopic (exact) mass is 441 g/mol. The fraction of sp³-hybridized carbons (Fsp3) is 0.409. The van der Waals surface area contributed by atoms with Gasteiger partial charge in [0.1, 0.15) is 29.8 Å². The summed E-state index contributed by atoms with van der Waals surface area (Å²) in [5.74, 6) is -0.478. The smallest absolute Gasteiger partial charge is 0.303 e. The molecule has 0 amide bonds. The van der Waals surface area contributed by atoms with Crippen molar-refractivity contribution >= 4 is 17.7 Å². The Morgan fingerprint density at radius 3 is 2.58 bits per heavy atom. The first-order valence-electron chi connectivity index (χ1n) is 9.97. The molecule has 8 nitrogen and oxygen atoms in total. The Morgan fingerprint density at radius 2 is 1.90 bits per heavy atom. The Balaban J connectivity index is 1.61. The van der Waals surface area contributed by atoms with Gasteiger partial charge in [0, 0.05) is 22.3 Å². The number of carbonyl (C=O) groups is 1. The number of rotatable bonds is 5. The van der Waals surface area contributed by atoms with Crippen LogP contribution in [0.5, 0.6) is 0 Å². The quantitative estimate of drug-likeness (QED) is 0.292. The zero-order valence-electron chi connectivity index (χ0n) is 17.2. The molecule has 0 bridgehead atoms. The molecule has 2 aromatic carbocycles. The second-order valence-corrected chi connectivity index (χ2v) is 8.59. The van der Waals surface area contributed by atoms with Gasteiger partial charge in [0.05, 0.1) is 6.61 Å². The SMILES string of the molecule is CC(=O)OC1C(N=[N+]=[N-])[C@@H](Sc2ccc(C)cc2)OC2COC(c3ccccc3)O[C@@H]21. The van der Waals surface area contributed by atoms with Crippen molar-refractivity contribution in [1.82, 2.24) is 0 Å². The molecule has 9 heteroatoms. The van der Waals surface area contributed by atoms with Gasteiger partial charge in [-0.05, 0) is 24.6 Å². The van der Waals surface area contributed by atoms with Crippen LogP contribution in [0.3, 0.4) is 0 Å². The lowest BCUT2D eigenvalue weighted by molar-refractivity contribution is -0.306. The van der Waals surface area contributed by atoms with E-state index < -0.39 is 42.0 Å². The Kier molecular flexibility index (Phi) is 6.80. The van der Waals surface area contributed by atoms with E-state index in [0.717, 1.165) is 16.0 Å². The van der Waals surface area contributed by atoms with E-state index in [-0.39, 0.29) is 6.61 Å². The van der Waals surface area contributed by atoms with Gasteiger partial charge >= 0.3 is 5.97 Å². The van der Waals surface area contributed by atoms with Crippen LogP contribution in [0, 0.1) is 6.92 Å². The van der Waals surface area contributed by atoms with Crippen molar-refractivity contribution in [3.05, 3.63) is 76.2 Å². The van der Waals surface area contributed by atoms with Gasteiger partial charge in [0.15, 0.2) is 6.29 Å². The second-order valence-electron chi connectivity index (χ2n) is 7.42. The number of hydrogen-bond acceptors (Lipinski definition) is 7. The van der Waals surface area contributed by atoms with E-state index in [2.05, 4.69) is 10.0 Å². The first-order chi connectivity index (χ1) is 15.0. The number of hydrogen-bond donors (Lipinski definition) is 0. The Labute approximate surface area is 184 Å². The molecule has 2 saturated heterocycles. The minimum Gasteiger partial charge on any atom is -0.459 e. The molecule has 0 N–H and O–H groups in total. The normalized spacial score (nSPS) is 30.0. The zero-order valence-corrected chi connectivity index (χ0v) is 18.0. The van der Waals surface area contributed by atoms with Crippen LogP contribution in [-0.4, -0.2) is 42.4 Å². The number of esters is 1. The third-order valence-corrected chi connectivity index (χ3v) is 6.31. The molecule has 2 heterocycles. The Morgan fingerprint density at radius 1 is 1.16 bits per heavy atom. The molecular weight excluding hydrogens is 418 g/mol. The first kappa shape index (κ1) is 21.7. The van der Waals surface area contributed by atoms with Gasteiger partial charge in [-0.3, -0.25) is 4.79 Å². The summed E-state index contributed by atoms with van der Waals surface area (Å²) in [5, 5.41) is 3.94. The number of nitrogens with zero attached hydrogens (tertiary/aromatic N) is 3. The Bertz CT molecular complexity index is 951. The van der Waals surface area contributed by atoms with Crippen LogP contribution in [0.15, 0.2) is 64.6 Å². The molecule has 2 fully saturated rings. The predicted octanol–water partition coefficient (Wildman–Crippen LogP) is 4.54. The first-order valence-corrected chi connectivity index (χ1v) is 10.9. The van der Waals surface area contributed by atoms with E-state index in [1.54, 1.807) is 0 Å². The van der Waals surface area contributed by atoms with Crippen LogP contribution >= 0.6 is 11.8 Å². The van der Waals surface area contributed by atoms with Crippen molar-refractivity contribution in [2.75, 3.05) is 6.61 Å². The van der Waals surface area contributed by atoms with Crippen LogP contribution < -0.4 is 0 Å². The number of carbonyl (C=O) groups excluding carboxylic acids is 1. The van der Waals surface area contributed by atoms with Crippen molar-refractivity contribution in [3.8, 4) is 0 Å². The highest BCUT2D eigenvalue weighted by Crippen LogP contribution is 2.41. The largest absolute Gasteiger partial charge is 0.459 e. The molecule has 0 saturated carbocycles. The van der Waals surface area contributed by atoms with Crippen molar-refractivity contribution in [3.63, 3.8) is 0 Å². The van der Waals surface area contributed by atoms with Gasteiger partial charge < -0.3 is 18.9 Å². The maximum absolute atomic E-state index is 11.9. The topological polar surface area (TPSA) is 103 Å². The van der Waals surface area contributed by atoms with E-state index in [9.17, 15) is 10.3 Å². The summed E-state index contributed by atoms with van der Waals surface area (Å²) in [5.41, 5.74) is 10.6. The summed E-state index contributed by atoms with van der Waals surface area (Å²) in [6.07, 6.45) is -2.53. The third-order valence-electron chi connectivity index (χ3n) is 5.14. The van der Waals surface area contributed by atoms with Gasteiger partial charge in [-0.25, -0.2) is 0 Å². The maximum Gasteiger partial charge on any atom is 0.303 e. The minimum atomic E-state index is -0.801. The lowest BCUT2D eigenvalue weighted by Gasteiger charge is -2.47. The summed E-state index contributed by atoms with van der Waals surface area (Å²) >= 11 is 1.42.